The van der Waals surface area contributed by atoms with Crippen molar-refractivity contribution in [1.82, 2.24) is 19.7 Å². The highest BCUT2D eigenvalue weighted by molar-refractivity contribution is 6.33. The van der Waals surface area contributed by atoms with Gasteiger partial charge >= 0.3 is 0 Å². The molecule has 0 radical (unpaired) electrons. The van der Waals surface area contributed by atoms with Gasteiger partial charge in [-0.15, -0.1) is 0 Å². The Morgan fingerprint density at radius 1 is 1.14 bits per heavy atom. The smallest absolute Gasteiger partial charge is 0.293 e. The van der Waals surface area contributed by atoms with E-state index in [9.17, 15) is 4.79 Å². The first-order valence-electron chi connectivity index (χ1n) is 6.25. The number of nitrogens with zero attached hydrogens (tertiary/aromatic N) is 5. The summed E-state index contributed by atoms with van der Waals surface area (Å²) < 4.78 is 1.15. The highest BCUT2D eigenvalue weighted by Crippen LogP contribution is 2.19. The van der Waals surface area contributed by atoms with Crippen LogP contribution in [0.5, 0.6) is 0 Å². The third-order valence-corrected chi connectivity index (χ3v) is 3.39. The van der Waals surface area contributed by atoms with E-state index in [0.717, 1.165) is 10.2 Å². The van der Waals surface area contributed by atoms with Gasteiger partial charge in [0.2, 0.25) is 0 Å². The lowest BCUT2D eigenvalue weighted by atomic mass is 10.3. The maximum atomic E-state index is 12.3. The Hall–Kier alpha value is -2.47. The van der Waals surface area contributed by atoms with E-state index in [2.05, 4.69) is 15.1 Å². The predicted octanol–water partition coefficient (Wildman–Crippen LogP) is 1.90. The molecule has 0 saturated carbocycles. The molecule has 3 aromatic rings. The zero-order valence-electron chi connectivity index (χ0n) is 11.5. The summed E-state index contributed by atoms with van der Waals surface area (Å²) in [6.07, 6.45) is 3.03. The van der Waals surface area contributed by atoms with Gasteiger partial charge < -0.3 is 4.90 Å². The standard InChI is InChI=1S/C14H12ClN5O/c1-19(2)11-7-17-20(14(21)13(11)15)12-8-16-9-5-3-4-6-10(9)18-12/h3-8H,1-2H3. The Bertz CT molecular complexity index is 875. The molecular formula is C14H12ClN5O. The molecule has 2 aromatic heterocycles. The second-order valence-corrected chi connectivity index (χ2v) is 5.05. The average Bonchev–Trinajstić information content (AvgIpc) is 2.49. The van der Waals surface area contributed by atoms with Crippen LogP contribution < -0.4 is 10.5 Å². The Balaban J connectivity index is 2.19. The molecular weight excluding hydrogens is 290 g/mol. The second-order valence-electron chi connectivity index (χ2n) is 4.67. The minimum absolute atomic E-state index is 0.102. The van der Waals surface area contributed by atoms with Crippen molar-refractivity contribution in [1.29, 1.82) is 0 Å². The molecule has 6 nitrogen and oxygen atoms in total. The minimum atomic E-state index is -0.424. The van der Waals surface area contributed by atoms with Gasteiger partial charge in [-0.3, -0.25) is 9.78 Å². The summed E-state index contributed by atoms with van der Waals surface area (Å²) in [5, 5.41) is 4.21. The van der Waals surface area contributed by atoms with E-state index >= 15 is 0 Å². The lowest BCUT2D eigenvalue weighted by molar-refractivity contribution is 0.778. The van der Waals surface area contributed by atoms with Gasteiger partial charge in [0, 0.05) is 14.1 Å². The number of aromatic nitrogens is 4. The van der Waals surface area contributed by atoms with Crippen LogP contribution in [0.4, 0.5) is 5.69 Å². The summed E-state index contributed by atoms with van der Waals surface area (Å²) in [6.45, 7) is 0. The normalized spacial score (nSPS) is 10.8. The maximum absolute atomic E-state index is 12.3. The van der Waals surface area contributed by atoms with Crippen molar-refractivity contribution >= 4 is 28.3 Å². The summed E-state index contributed by atoms with van der Waals surface area (Å²) >= 11 is 6.10. The van der Waals surface area contributed by atoms with Gasteiger partial charge in [-0.2, -0.15) is 9.78 Å². The molecule has 2 heterocycles. The van der Waals surface area contributed by atoms with Crippen LogP contribution in [0.25, 0.3) is 16.9 Å². The fraction of sp³-hybridized carbons (Fsp3) is 0.143. The van der Waals surface area contributed by atoms with E-state index in [0.29, 0.717) is 17.0 Å². The number of halogens is 1. The molecule has 0 aliphatic carbocycles. The number of para-hydroxylation sites is 2. The zero-order chi connectivity index (χ0) is 15.0. The number of hydrogen-bond donors (Lipinski definition) is 0. The molecule has 0 aliphatic rings. The molecule has 0 atom stereocenters. The number of hydrogen-bond acceptors (Lipinski definition) is 5. The van der Waals surface area contributed by atoms with E-state index in [4.69, 9.17) is 11.6 Å². The Kier molecular flexibility index (Phi) is 3.31. The van der Waals surface area contributed by atoms with Gasteiger partial charge in [-0.05, 0) is 12.1 Å². The van der Waals surface area contributed by atoms with Crippen LogP contribution in [0, 0.1) is 0 Å². The van der Waals surface area contributed by atoms with Crippen LogP contribution in [0.1, 0.15) is 0 Å². The summed E-state index contributed by atoms with van der Waals surface area (Å²) in [5.41, 5.74) is 1.58. The molecule has 106 valence electrons. The van der Waals surface area contributed by atoms with Gasteiger partial charge in [0.1, 0.15) is 5.02 Å². The zero-order valence-corrected chi connectivity index (χ0v) is 12.2. The Morgan fingerprint density at radius 3 is 2.57 bits per heavy atom. The van der Waals surface area contributed by atoms with Crippen LogP contribution in [-0.4, -0.2) is 33.8 Å². The minimum Gasteiger partial charge on any atom is -0.375 e. The first-order chi connectivity index (χ1) is 10.1. The Labute approximate surface area is 125 Å². The fourth-order valence-corrected chi connectivity index (χ4v) is 2.25. The summed E-state index contributed by atoms with van der Waals surface area (Å²) in [6, 6.07) is 7.42. The fourth-order valence-electron chi connectivity index (χ4n) is 1.95. The quantitative estimate of drug-likeness (QED) is 0.723. The number of anilines is 1. The van der Waals surface area contributed by atoms with Gasteiger partial charge in [0.25, 0.3) is 5.56 Å². The largest absolute Gasteiger partial charge is 0.375 e. The third-order valence-electron chi connectivity index (χ3n) is 3.04. The van der Waals surface area contributed by atoms with E-state index < -0.39 is 5.56 Å². The van der Waals surface area contributed by atoms with Crippen molar-refractivity contribution in [3.05, 3.63) is 52.0 Å². The van der Waals surface area contributed by atoms with Crippen molar-refractivity contribution < 1.29 is 0 Å². The molecule has 0 saturated heterocycles. The van der Waals surface area contributed by atoms with E-state index in [1.807, 2.05) is 24.3 Å². The van der Waals surface area contributed by atoms with E-state index in [-0.39, 0.29) is 5.02 Å². The van der Waals surface area contributed by atoms with Crippen LogP contribution in [-0.2, 0) is 0 Å². The summed E-state index contributed by atoms with van der Waals surface area (Å²) in [7, 11) is 3.59. The molecule has 7 heteroatoms. The van der Waals surface area contributed by atoms with Crippen molar-refractivity contribution in [3.8, 4) is 5.82 Å². The number of rotatable bonds is 2. The van der Waals surface area contributed by atoms with Gasteiger partial charge in [-0.25, -0.2) is 4.98 Å². The van der Waals surface area contributed by atoms with E-state index in [1.165, 1.54) is 12.4 Å². The lowest BCUT2D eigenvalue weighted by Crippen LogP contribution is -2.25. The van der Waals surface area contributed by atoms with Crippen molar-refractivity contribution in [2.75, 3.05) is 19.0 Å². The van der Waals surface area contributed by atoms with Crippen LogP contribution in [0.3, 0.4) is 0 Å². The van der Waals surface area contributed by atoms with Gasteiger partial charge in [0.15, 0.2) is 5.82 Å². The number of fused-ring (bicyclic) bond motifs is 1. The SMILES string of the molecule is CN(C)c1cnn(-c2cnc3ccccc3n2)c(=O)c1Cl. The molecule has 21 heavy (non-hydrogen) atoms. The Morgan fingerprint density at radius 2 is 1.86 bits per heavy atom. The van der Waals surface area contributed by atoms with Crippen LogP contribution in [0.15, 0.2) is 41.5 Å². The van der Waals surface area contributed by atoms with Crippen molar-refractivity contribution in [2.24, 2.45) is 0 Å². The first kappa shape index (κ1) is 13.5. The third kappa shape index (κ3) is 2.34. The molecule has 0 amide bonds. The lowest BCUT2D eigenvalue weighted by Gasteiger charge is -2.14. The molecule has 0 bridgehead atoms. The molecule has 3 rings (SSSR count). The summed E-state index contributed by atoms with van der Waals surface area (Å²) in [5.74, 6) is 0.339. The molecule has 0 N–H and O–H groups in total. The molecule has 1 aromatic carbocycles. The monoisotopic (exact) mass is 301 g/mol. The van der Waals surface area contributed by atoms with E-state index in [1.54, 1.807) is 19.0 Å². The van der Waals surface area contributed by atoms with Crippen LogP contribution in [0.2, 0.25) is 5.02 Å². The summed E-state index contributed by atoms with van der Waals surface area (Å²) in [4.78, 5) is 22.7. The molecule has 0 spiro atoms. The highest BCUT2D eigenvalue weighted by Gasteiger charge is 2.13. The number of benzene rings is 1. The van der Waals surface area contributed by atoms with Crippen LogP contribution >= 0.6 is 11.6 Å². The molecule has 0 unspecified atom stereocenters. The van der Waals surface area contributed by atoms with Crippen molar-refractivity contribution in [2.45, 2.75) is 0 Å². The van der Waals surface area contributed by atoms with Gasteiger partial charge in [-0.1, -0.05) is 23.7 Å². The average molecular weight is 302 g/mol. The first-order valence-corrected chi connectivity index (χ1v) is 6.63. The topological polar surface area (TPSA) is 63.9 Å². The second kappa shape index (κ2) is 5.14. The van der Waals surface area contributed by atoms with Crippen molar-refractivity contribution in [3.63, 3.8) is 0 Å². The molecule has 0 aliphatic heterocycles. The van der Waals surface area contributed by atoms with Gasteiger partial charge in [0.05, 0.1) is 29.1 Å². The highest BCUT2D eigenvalue weighted by atomic mass is 35.5. The predicted molar refractivity (Wildman–Crippen MR) is 82.3 cm³/mol. The maximum Gasteiger partial charge on any atom is 0.293 e. The molecule has 0 fully saturated rings.